The van der Waals surface area contributed by atoms with Gasteiger partial charge >= 0.3 is 5.51 Å². The molecule has 0 heterocycles. The van der Waals surface area contributed by atoms with Crippen molar-refractivity contribution < 1.29 is 43.6 Å². The van der Waals surface area contributed by atoms with E-state index in [0.717, 1.165) is 30.7 Å². The average Bonchev–Trinajstić information content (AvgIpc) is 2.53. The second kappa shape index (κ2) is 13.7. The van der Waals surface area contributed by atoms with E-state index in [1.807, 2.05) is 0 Å². The molecule has 0 radical (unpaired) electrons. The number of unbranched alkanes of at least 4 members (excludes halogenated alkanes) is 3. The Morgan fingerprint density at radius 2 is 1.07 bits per heavy atom. The van der Waals surface area contributed by atoms with Crippen molar-refractivity contribution in [2.45, 2.75) is 71.2 Å². The van der Waals surface area contributed by atoms with E-state index in [9.17, 15) is 21.6 Å². The second-order valence-electron chi connectivity index (χ2n) is 6.84. The number of alkyl halides is 3. The van der Waals surface area contributed by atoms with Crippen LogP contribution in [0.25, 0.3) is 0 Å². The maximum Gasteiger partial charge on any atom is 0.485 e. The van der Waals surface area contributed by atoms with Gasteiger partial charge in [0.2, 0.25) is 0 Å². The van der Waals surface area contributed by atoms with Crippen LogP contribution in [0.3, 0.4) is 0 Å². The zero-order chi connectivity index (χ0) is 22.5. The molecule has 12 heteroatoms. The number of halogens is 3. The summed E-state index contributed by atoms with van der Waals surface area (Å²) in [6.45, 7) is 10.9. The molecule has 0 aliphatic rings. The first-order chi connectivity index (χ1) is 12.6. The zero-order valence-corrected chi connectivity index (χ0v) is 18.5. The van der Waals surface area contributed by atoms with Crippen LogP contribution in [0.1, 0.15) is 65.7 Å². The first kappa shape index (κ1) is 29.8. The van der Waals surface area contributed by atoms with Gasteiger partial charge in [-0.2, -0.15) is 21.6 Å². The lowest BCUT2D eigenvalue weighted by atomic mass is 10.1. The van der Waals surface area contributed by atoms with Gasteiger partial charge in [0.1, 0.15) is 0 Å². The lowest BCUT2D eigenvalue weighted by molar-refractivity contribution is -0.928. The van der Waals surface area contributed by atoms with Gasteiger partial charge in [-0.3, -0.25) is 4.55 Å². The molecule has 0 fully saturated rings. The van der Waals surface area contributed by atoms with Gasteiger partial charge in [-0.05, 0) is 19.3 Å². The number of nitrogens with zero attached hydrogens (tertiary/aromatic N) is 1. The smallest absolute Gasteiger partial charge is 0.485 e. The monoisotopic (exact) mass is 457 g/mol. The lowest BCUT2D eigenvalue weighted by Crippen LogP contribution is -2.51. The molecule has 0 aliphatic heterocycles. The number of quaternary nitrogens is 1. The van der Waals surface area contributed by atoms with Gasteiger partial charge < -0.3 is 9.04 Å². The van der Waals surface area contributed by atoms with E-state index in [4.69, 9.17) is 17.5 Å². The van der Waals surface area contributed by atoms with Crippen molar-refractivity contribution in [3.05, 3.63) is 0 Å². The van der Waals surface area contributed by atoms with Gasteiger partial charge in [-0.15, -0.1) is 0 Å². The molecular formula is C16H34F3NO6S2. The first-order valence-corrected chi connectivity index (χ1v) is 12.5. The molecule has 7 nitrogen and oxygen atoms in total. The molecule has 0 saturated heterocycles. The van der Waals surface area contributed by atoms with Crippen LogP contribution in [0.2, 0.25) is 0 Å². The summed E-state index contributed by atoms with van der Waals surface area (Å²) in [5, 5.41) is 0. The van der Waals surface area contributed by atoms with E-state index in [1.165, 1.54) is 38.5 Å². The normalized spacial score (nSPS) is 13.1. The molecule has 0 aromatic carbocycles. The summed E-state index contributed by atoms with van der Waals surface area (Å²) >= 11 is 0. The SMILES string of the molecule is CCCC[N+](CCCC)(CCCC)CCCS(=O)(=O)O.O=S(=O)([O-])C(F)(F)F. The Kier molecular flexibility index (Phi) is 14.6. The largest absolute Gasteiger partial charge is 0.741 e. The van der Waals surface area contributed by atoms with Crippen LogP contribution < -0.4 is 0 Å². The molecule has 0 amide bonds. The van der Waals surface area contributed by atoms with Crippen LogP contribution in [0, 0.1) is 0 Å². The molecule has 28 heavy (non-hydrogen) atoms. The summed E-state index contributed by atoms with van der Waals surface area (Å²) < 4.78 is 90.7. The van der Waals surface area contributed by atoms with Crippen molar-refractivity contribution in [3.63, 3.8) is 0 Å². The van der Waals surface area contributed by atoms with Crippen molar-refractivity contribution in [2.75, 3.05) is 31.9 Å². The Balaban J connectivity index is 0. The van der Waals surface area contributed by atoms with Crippen molar-refractivity contribution in [1.29, 1.82) is 0 Å². The van der Waals surface area contributed by atoms with Crippen LogP contribution in [0.15, 0.2) is 0 Å². The van der Waals surface area contributed by atoms with E-state index in [0.29, 0.717) is 6.42 Å². The predicted molar refractivity (Wildman–Crippen MR) is 101 cm³/mol. The fourth-order valence-electron chi connectivity index (χ4n) is 2.73. The summed E-state index contributed by atoms with van der Waals surface area (Å²) in [5.41, 5.74) is -5.65. The summed E-state index contributed by atoms with van der Waals surface area (Å²) in [5.74, 6) is -0.0998. The van der Waals surface area contributed by atoms with Crippen LogP contribution in [-0.2, 0) is 20.2 Å². The summed E-state index contributed by atoms with van der Waals surface area (Å²) in [4.78, 5) is 0. The fraction of sp³-hybridized carbons (Fsp3) is 1.00. The van der Waals surface area contributed by atoms with E-state index < -0.39 is 25.7 Å². The minimum Gasteiger partial charge on any atom is -0.741 e. The predicted octanol–water partition coefficient (Wildman–Crippen LogP) is 3.53. The molecule has 0 bridgehead atoms. The van der Waals surface area contributed by atoms with Crippen molar-refractivity contribution in [1.82, 2.24) is 0 Å². The van der Waals surface area contributed by atoms with Gasteiger partial charge in [0.05, 0.1) is 31.9 Å². The van der Waals surface area contributed by atoms with Gasteiger partial charge in [0.25, 0.3) is 10.1 Å². The van der Waals surface area contributed by atoms with E-state index >= 15 is 0 Å². The minimum atomic E-state index is -6.09. The van der Waals surface area contributed by atoms with E-state index in [1.54, 1.807) is 0 Å². The Hall–Kier alpha value is -0.430. The minimum absolute atomic E-state index is 0.0998. The molecule has 0 aromatic rings. The lowest BCUT2D eigenvalue weighted by Gasteiger charge is -2.39. The molecule has 0 atom stereocenters. The summed E-state index contributed by atoms with van der Waals surface area (Å²) in [6.07, 6.45) is 7.68. The molecule has 172 valence electrons. The molecule has 0 aliphatic carbocycles. The third-order valence-corrected chi connectivity index (χ3v) is 5.65. The summed E-state index contributed by atoms with van der Waals surface area (Å²) in [6, 6.07) is 0. The Morgan fingerprint density at radius 1 is 0.786 bits per heavy atom. The maximum absolute atomic E-state index is 10.9. The van der Waals surface area contributed by atoms with Crippen molar-refractivity contribution in [3.8, 4) is 0 Å². The van der Waals surface area contributed by atoms with Crippen LogP contribution in [0.5, 0.6) is 0 Å². The Bertz CT molecular complexity index is 585. The molecule has 0 rings (SSSR count). The number of hydrogen-bond donors (Lipinski definition) is 1. The standard InChI is InChI=1S/C15H33NO3S.CHF3O3S/c1-4-7-11-16(12-8-5-2,13-9-6-3)14-10-15-20(17,18)19;2-1(3,4)8(5,6)7/h4-15H2,1-3H3;(H,5,6,7). The summed E-state index contributed by atoms with van der Waals surface area (Å²) in [7, 11) is -9.91. The Labute approximate surface area is 167 Å². The molecule has 0 spiro atoms. The highest BCUT2D eigenvalue weighted by Gasteiger charge is 2.36. The zero-order valence-electron chi connectivity index (χ0n) is 16.9. The Morgan fingerprint density at radius 3 is 1.29 bits per heavy atom. The van der Waals surface area contributed by atoms with E-state index in [2.05, 4.69) is 20.8 Å². The van der Waals surface area contributed by atoms with Crippen LogP contribution in [0.4, 0.5) is 13.2 Å². The van der Waals surface area contributed by atoms with Crippen molar-refractivity contribution in [2.24, 2.45) is 0 Å². The average molecular weight is 458 g/mol. The second-order valence-corrected chi connectivity index (χ2v) is 9.78. The third kappa shape index (κ3) is 15.5. The number of rotatable bonds is 13. The maximum atomic E-state index is 10.9. The molecule has 1 N–H and O–H groups in total. The molecule has 0 saturated carbocycles. The van der Waals surface area contributed by atoms with Crippen LogP contribution >= 0.6 is 0 Å². The third-order valence-electron chi connectivity index (χ3n) is 4.28. The molecule has 0 unspecified atom stereocenters. The van der Waals surface area contributed by atoms with E-state index in [-0.39, 0.29) is 5.75 Å². The number of hydrogen-bond acceptors (Lipinski definition) is 5. The molecule has 0 aromatic heterocycles. The highest BCUT2D eigenvalue weighted by Crippen LogP contribution is 2.20. The van der Waals surface area contributed by atoms with Gasteiger partial charge in [0.15, 0.2) is 10.1 Å². The molecular weight excluding hydrogens is 423 g/mol. The highest BCUT2D eigenvalue weighted by atomic mass is 32.2. The van der Waals surface area contributed by atoms with Gasteiger partial charge in [0, 0.05) is 6.42 Å². The van der Waals surface area contributed by atoms with Crippen molar-refractivity contribution >= 4 is 20.2 Å². The first-order valence-electron chi connectivity index (χ1n) is 9.46. The fourth-order valence-corrected chi connectivity index (χ4v) is 3.23. The van der Waals surface area contributed by atoms with Gasteiger partial charge in [-0.25, -0.2) is 8.42 Å². The quantitative estimate of drug-likeness (QED) is 0.257. The van der Waals surface area contributed by atoms with Crippen LogP contribution in [-0.4, -0.2) is 67.9 Å². The topological polar surface area (TPSA) is 112 Å². The van der Waals surface area contributed by atoms with Gasteiger partial charge in [-0.1, -0.05) is 40.0 Å². The highest BCUT2D eigenvalue weighted by molar-refractivity contribution is 7.86.